The van der Waals surface area contributed by atoms with Gasteiger partial charge in [0.1, 0.15) is 0 Å². The molecule has 0 aromatic rings. The topological polar surface area (TPSA) is 0 Å². The van der Waals surface area contributed by atoms with Gasteiger partial charge in [-0.05, 0) is 0 Å². The minimum absolute atomic E-state index is 0. The molecule has 0 N–H and O–H groups in total. The maximum absolute atomic E-state index is 3.62. The van der Waals surface area contributed by atoms with Crippen LogP contribution in [0.3, 0.4) is 0 Å². The van der Waals surface area contributed by atoms with Crippen molar-refractivity contribution in [1.29, 1.82) is 0 Å². The quantitative estimate of drug-likeness (QED) is 0.415. The molecule has 0 bridgehead atoms. The molecular formula is C17H24Cl2SiZr. The molecule has 3 rings (SSSR count). The number of allylic oxidation sites excluding steroid dienone is 8. The first kappa shape index (κ1) is 23.9. The molecule has 0 atom stereocenters. The molecule has 0 unspecified atom stereocenters. The van der Waals surface area contributed by atoms with Gasteiger partial charge >= 0.3 is 26.2 Å². The summed E-state index contributed by atoms with van der Waals surface area (Å²) in [4.78, 5) is 0. The Hall–Kier alpha value is 0.640. The number of halogens is 2. The van der Waals surface area contributed by atoms with E-state index < -0.39 is 8.07 Å². The molecule has 1 aliphatic heterocycles. The Balaban J connectivity index is 0. The molecule has 1 fully saturated rings. The van der Waals surface area contributed by atoms with Crippen LogP contribution in [0.15, 0.2) is 35.1 Å². The second-order valence-corrected chi connectivity index (χ2v) is 10.2. The van der Waals surface area contributed by atoms with Crippen molar-refractivity contribution in [3.05, 3.63) is 47.2 Å². The van der Waals surface area contributed by atoms with Gasteiger partial charge in [0, 0.05) is 0 Å². The van der Waals surface area contributed by atoms with E-state index in [0.717, 1.165) is 6.42 Å². The van der Waals surface area contributed by atoms with E-state index in [4.69, 9.17) is 0 Å². The SMILES string of the molecule is CCC[Si]1(C2=[C-]C(C)=CC2)CCC1.[C-]1=CC=CC1.[Cl-].[Cl-].[Zr+4]. The summed E-state index contributed by atoms with van der Waals surface area (Å²) < 4.78 is 0. The normalized spacial score (nSPS) is 19.7. The fourth-order valence-corrected chi connectivity index (χ4v) is 7.64. The van der Waals surface area contributed by atoms with E-state index in [1.165, 1.54) is 30.9 Å². The molecule has 0 aromatic heterocycles. The second-order valence-electron chi connectivity index (χ2n) is 5.58. The Bertz CT molecular complexity index is 397. The largest absolute Gasteiger partial charge is 4.00 e. The van der Waals surface area contributed by atoms with Crippen LogP contribution in [0.25, 0.3) is 0 Å². The van der Waals surface area contributed by atoms with Gasteiger partial charge in [-0.15, -0.1) is 12.8 Å². The molecule has 4 heteroatoms. The van der Waals surface area contributed by atoms with E-state index in [0.29, 0.717) is 0 Å². The molecule has 0 saturated carbocycles. The van der Waals surface area contributed by atoms with Gasteiger partial charge in [0.15, 0.2) is 0 Å². The fraction of sp³-hybridized carbons (Fsp3) is 0.529. The van der Waals surface area contributed by atoms with Crippen molar-refractivity contribution in [2.24, 2.45) is 0 Å². The molecule has 0 spiro atoms. The van der Waals surface area contributed by atoms with Gasteiger partial charge in [0.25, 0.3) is 0 Å². The van der Waals surface area contributed by atoms with Gasteiger partial charge in [0.05, 0.1) is 8.07 Å². The van der Waals surface area contributed by atoms with E-state index in [1.54, 1.807) is 17.3 Å². The molecule has 0 radical (unpaired) electrons. The monoisotopic (exact) mass is 416 g/mol. The number of hydrogen-bond donors (Lipinski definition) is 0. The fourth-order valence-electron chi connectivity index (χ4n) is 3.07. The Kier molecular flexibility index (Phi) is 13.8. The van der Waals surface area contributed by atoms with Gasteiger partial charge in [-0.2, -0.15) is 11.3 Å². The van der Waals surface area contributed by atoms with Crippen LogP contribution in [0.2, 0.25) is 18.1 Å². The molecule has 114 valence electrons. The first-order valence-corrected chi connectivity index (χ1v) is 9.91. The first-order valence-electron chi connectivity index (χ1n) is 7.29. The van der Waals surface area contributed by atoms with Crippen LogP contribution in [0, 0.1) is 12.2 Å². The Labute approximate surface area is 163 Å². The first-order chi connectivity index (χ1) is 8.77. The summed E-state index contributed by atoms with van der Waals surface area (Å²) in [6, 6.07) is 4.64. The molecule has 0 nitrogen and oxygen atoms in total. The van der Waals surface area contributed by atoms with Crippen molar-refractivity contribution in [2.45, 2.75) is 57.7 Å². The minimum atomic E-state index is -0.898. The van der Waals surface area contributed by atoms with E-state index in [-0.39, 0.29) is 51.0 Å². The zero-order valence-corrected chi connectivity index (χ0v) is 18.0. The summed E-state index contributed by atoms with van der Waals surface area (Å²) in [6.45, 7) is 4.53. The van der Waals surface area contributed by atoms with Crippen LogP contribution in [0.4, 0.5) is 0 Å². The predicted molar refractivity (Wildman–Crippen MR) is 81.8 cm³/mol. The average molecular weight is 419 g/mol. The molecule has 2 aliphatic carbocycles. The van der Waals surface area contributed by atoms with Crippen LogP contribution in [0.1, 0.15) is 39.5 Å². The molecule has 1 heterocycles. The van der Waals surface area contributed by atoms with Crippen molar-refractivity contribution in [2.75, 3.05) is 0 Å². The summed E-state index contributed by atoms with van der Waals surface area (Å²) in [5.74, 6) is 0. The van der Waals surface area contributed by atoms with E-state index in [9.17, 15) is 0 Å². The Morgan fingerprint density at radius 3 is 2.24 bits per heavy atom. The van der Waals surface area contributed by atoms with Gasteiger partial charge < -0.3 is 24.8 Å². The van der Waals surface area contributed by atoms with E-state index >= 15 is 0 Å². The number of rotatable bonds is 3. The van der Waals surface area contributed by atoms with Crippen LogP contribution in [-0.2, 0) is 26.2 Å². The van der Waals surface area contributed by atoms with Crippen molar-refractivity contribution >= 4 is 8.07 Å². The zero-order valence-electron chi connectivity index (χ0n) is 13.0. The standard InChI is InChI=1S/C12H19Si.C5H5.2ClH.Zr/c1-3-7-13(8-4-9-13)12-6-5-11(2)10-12;1-2-4-5-3-1;;;/h5H,3-4,6-9H2,1-2H3;1-3H,4H2;2*1H;/q2*-1;;;+4/p-2. The van der Waals surface area contributed by atoms with Crippen LogP contribution in [-0.4, -0.2) is 8.07 Å². The summed E-state index contributed by atoms with van der Waals surface area (Å²) in [7, 11) is -0.898. The minimum Gasteiger partial charge on any atom is -1.00 e. The van der Waals surface area contributed by atoms with Gasteiger partial charge in [-0.1, -0.05) is 44.8 Å². The summed E-state index contributed by atoms with van der Waals surface area (Å²) in [5.41, 5.74) is 1.39. The molecule has 1 saturated heterocycles. The van der Waals surface area contributed by atoms with Gasteiger partial charge in [-0.3, -0.25) is 12.2 Å². The van der Waals surface area contributed by atoms with Crippen molar-refractivity contribution in [3.63, 3.8) is 0 Å². The van der Waals surface area contributed by atoms with E-state index in [1.807, 2.05) is 12.2 Å². The van der Waals surface area contributed by atoms with Gasteiger partial charge in [-0.25, -0.2) is 23.8 Å². The molecule has 0 aromatic carbocycles. The van der Waals surface area contributed by atoms with Crippen LogP contribution < -0.4 is 24.8 Å². The van der Waals surface area contributed by atoms with Crippen molar-refractivity contribution in [1.82, 2.24) is 0 Å². The molecule has 3 aliphatic rings. The van der Waals surface area contributed by atoms with Crippen LogP contribution >= 0.6 is 0 Å². The Morgan fingerprint density at radius 2 is 1.95 bits per heavy atom. The maximum Gasteiger partial charge on any atom is 4.00 e. The predicted octanol–water partition coefficient (Wildman–Crippen LogP) is -0.821. The molecule has 21 heavy (non-hydrogen) atoms. The van der Waals surface area contributed by atoms with E-state index in [2.05, 4.69) is 38.2 Å². The third kappa shape index (κ3) is 6.73. The van der Waals surface area contributed by atoms with Gasteiger partial charge in [0.2, 0.25) is 0 Å². The smallest absolute Gasteiger partial charge is 1.00 e. The maximum atomic E-state index is 3.62. The average Bonchev–Trinajstić information content (AvgIpc) is 2.97. The third-order valence-electron chi connectivity index (χ3n) is 4.23. The second kappa shape index (κ2) is 12.1. The summed E-state index contributed by atoms with van der Waals surface area (Å²) >= 11 is 0. The third-order valence-corrected chi connectivity index (χ3v) is 9.91. The van der Waals surface area contributed by atoms with Crippen LogP contribution in [0.5, 0.6) is 0 Å². The number of hydrogen-bond acceptors (Lipinski definition) is 0. The summed E-state index contributed by atoms with van der Waals surface area (Å²) in [5, 5.41) is 1.75. The zero-order chi connectivity index (χ0) is 12.8. The van der Waals surface area contributed by atoms with Crippen molar-refractivity contribution < 1.29 is 51.0 Å². The summed E-state index contributed by atoms with van der Waals surface area (Å²) in [6.07, 6.45) is 20.1. The Morgan fingerprint density at radius 1 is 1.24 bits per heavy atom. The molecular weight excluding hydrogens is 394 g/mol. The molecule has 0 amide bonds. The van der Waals surface area contributed by atoms with Crippen molar-refractivity contribution in [3.8, 4) is 0 Å².